The predicted octanol–water partition coefficient (Wildman–Crippen LogP) is 4.07. The van der Waals surface area contributed by atoms with Crippen LogP contribution in [0.4, 0.5) is 5.69 Å². The maximum Gasteiger partial charge on any atom is 0.345 e. The van der Waals surface area contributed by atoms with Gasteiger partial charge in [-0.2, -0.15) is 0 Å². The minimum atomic E-state index is -0.544. The third-order valence-corrected chi connectivity index (χ3v) is 6.57. The number of nitrogens with zero attached hydrogens (tertiary/aromatic N) is 3. The normalized spacial score (nSPS) is 14.8. The molecule has 33 heavy (non-hydrogen) atoms. The average Bonchev–Trinajstić information content (AvgIpc) is 2.81. The molecule has 0 spiro atoms. The Balaban J connectivity index is 1.93. The highest BCUT2D eigenvalue weighted by atomic mass is 16.5. The Hall–Kier alpha value is -3.12. The number of anilines is 1. The van der Waals surface area contributed by atoms with E-state index in [-0.39, 0.29) is 17.7 Å². The van der Waals surface area contributed by atoms with Crippen LogP contribution < -0.4 is 10.5 Å². The average molecular weight is 448 g/mol. The molecule has 0 atom stereocenters. The van der Waals surface area contributed by atoms with E-state index in [9.17, 15) is 9.59 Å². The minimum absolute atomic E-state index is 0.147. The fourth-order valence-electron chi connectivity index (χ4n) is 4.80. The van der Waals surface area contributed by atoms with Crippen LogP contribution in [0.2, 0.25) is 0 Å². The van der Waals surface area contributed by atoms with Crippen molar-refractivity contribution in [3.8, 4) is 0 Å². The summed E-state index contributed by atoms with van der Waals surface area (Å²) in [6, 6.07) is 16.5. The molecule has 0 bridgehead atoms. The van der Waals surface area contributed by atoms with E-state index in [2.05, 4.69) is 30.0 Å². The fraction of sp³-hybridized carbons (Fsp3) is 0.407. The van der Waals surface area contributed by atoms with Crippen molar-refractivity contribution in [3.05, 3.63) is 75.6 Å². The minimum Gasteiger partial charge on any atom is -0.462 e. The van der Waals surface area contributed by atoms with Crippen molar-refractivity contribution in [2.24, 2.45) is 0 Å². The number of pyridine rings is 1. The van der Waals surface area contributed by atoms with Crippen LogP contribution in [0.3, 0.4) is 0 Å². The van der Waals surface area contributed by atoms with Crippen LogP contribution in [0.15, 0.2) is 53.3 Å². The van der Waals surface area contributed by atoms with Gasteiger partial charge < -0.3 is 19.1 Å². The lowest BCUT2D eigenvalue weighted by molar-refractivity contribution is 0.0524. The first-order chi connectivity index (χ1) is 15.9. The summed E-state index contributed by atoms with van der Waals surface area (Å²) in [6.45, 7) is 6.02. The molecule has 174 valence electrons. The lowest BCUT2D eigenvalue weighted by Crippen LogP contribution is -2.43. The number of fused-ring (bicyclic) bond motifs is 1. The molecule has 0 radical (unpaired) electrons. The highest BCUT2D eigenvalue weighted by Crippen LogP contribution is 2.33. The van der Waals surface area contributed by atoms with Crippen molar-refractivity contribution >= 4 is 22.6 Å². The van der Waals surface area contributed by atoms with Crippen LogP contribution in [-0.2, 0) is 11.3 Å². The van der Waals surface area contributed by atoms with Crippen LogP contribution in [0.25, 0.3) is 10.9 Å². The van der Waals surface area contributed by atoms with Crippen molar-refractivity contribution < 1.29 is 9.53 Å². The Morgan fingerprint density at radius 3 is 2.42 bits per heavy atom. The van der Waals surface area contributed by atoms with Crippen molar-refractivity contribution in [1.82, 2.24) is 9.47 Å². The van der Waals surface area contributed by atoms with Crippen molar-refractivity contribution in [3.63, 3.8) is 0 Å². The molecular formula is C27H33N3O3. The summed E-state index contributed by atoms with van der Waals surface area (Å²) in [5.74, 6) is -0.544. The number of rotatable bonds is 6. The molecule has 2 heterocycles. The van der Waals surface area contributed by atoms with Crippen LogP contribution >= 0.6 is 0 Å². The summed E-state index contributed by atoms with van der Waals surface area (Å²) in [5, 5.41) is 0.928. The topological polar surface area (TPSA) is 54.8 Å². The van der Waals surface area contributed by atoms with E-state index >= 15 is 0 Å². The van der Waals surface area contributed by atoms with Gasteiger partial charge in [0.25, 0.3) is 5.56 Å². The zero-order valence-corrected chi connectivity index (χ0v) is 20.0. The number of benzene rings is 2. The van der Waals surface area contributed by atoms with Gasteiger partial charge in [0.2, 0.25) is 0 Å². The Labute approximate surface area is 195 Å². The van der Waals surface area contributed by atoms with Gasteiger partial charge in [0.1, 0.15) is 5.56 Å². The number of ether oxygens (including phenoxy) is 1. The quantitative estimate of drug-likeness (QED) is 0.534. The molecule has 1 saturated heterocycles. The number of aryl methyl sites for hydroxylation is 1. The molecule has 4 rings (SSSR count). The Morgan fingerprint density at radius 2 is 1.79 bits per heavy atom. The number of hydrogen-bond acceptors (Lipinski definition) is 5. The lowest BCUT2D eigenvalue weighted by Gasteiger charge is -2.37. The third-order valence-electron chi connectivity index (χ3n) is 6.57. The number of aromatic nitrogens is 1. The van der Waals surface area contributed by atoms with E-state index in [4.69, 9.17) is 4.74 Å². The molecule has 1 aromatic heterocycles. The summed E-state index contributed by atoms with van der Waals surface area (Å²) < 4.78 is 7.11. The molecule has 1 aliphatic heterocycles. The third kappa shape index (κ3) is 4.67. The zero-order valence-electron chi connectivity index (χ0n) is 20.0. The van der Waals surface area contributed by atoms with Gasteiger partial charge in [-0.1, -0.05) is 42.0 Å². The van der Waals surface area contributed by atoms with Gasteiger partial charge in [0, 0.05) is 24.5 Å². The number of carbonyl (C=O) groups excluding carboxylic acids is 1. The fourth-order valence-corrected chi connectivity index (χ4v) is 4.80. The van der Waals surface area contributed by atoms with Gasteiger partial charge in [-0.05, 0) is 58.5 Å². The lowest BCUT2D eigenvalue weighted by atomic mass is 9.99. The monoisotopic (exact) mass is 447 g/mol. The molecule has 3 aromatic rings. The van der Waals surface area contributed by atoms with E-state index in [1.165, 1.54) is 0 Å². The van der Waals surface area contributed by atoms with Crippen molar-refractivity contribution in [1.29, 1.82) is 0 Å². The van der Waals surface area contributed by atoms with E-state index in [1.54, 1.807) is 11.5 Å². The first kappa shape index (κ1) is 23.1. The highest BCUT2D eigenvalue weighted by molar-refractivity contribution is 6.05. The molecule has 0 unspecified atom stereocenters. The van der Waals surface area contributed by atoms with E-state index < -0.39 is 5.97 Å². The second-order valence-corrected chi connectivity index (χ2v) is 9.02. The number of esters is 1. The van der Waals surface area contributed by atoms with Gasteiger partial charge in [-0.3, -0.25) is 4.79 Å². The molecule has 6 nitrogen and oxygen atoms in total. The van der Waals surface area contributed by atoms with Gasteiger partial charge in [-0.15, -0.1) is 0 Å². The van der Waals surface area contributed by atoms with E-state index in [0.717, 1.165) is 53.6 Å². The first-order valence-electron chi connectivity index (χ1n) is 11.7. The molecule has 6 heteroatoms. The van der Waals surface area contributed by atoms with Crippen LogP contribution in [-0.4, -0.2) is 55.3 Å². The summed E-state index contributed by atoms with van der Waals surface area (Å²) in [6.07, 6.45) is 1.96. The molecule has 0 aliphatic carbocycles. The van der Waals surface area contributed by atoms with E-state index in [1.807, 2.05) is 49.4 Å². The van der Waals surface area contributed by atoms with Gasteiger partial charge in [-0.25, -0.2) is 4.79 Å². The Morgan fingerprint density at radius 1 is 1.09 bits per heavy atom. The van der Waals surface area contributed by atoms with Gasteiger partial charge >= 0.3 is 5.97 Å². The molecule has 0 saturated carbocycles. The molecule has 2 aromatic carbocycles. The first-order valence-corrected chi connectivity index (χ1v) is 11.7. The standard InChI is InChI=1S/C27H33N3O3/c1-5-33-27(32)24-25(29-15-13-21(14-16-29)28(3)4)22-17-19(2)11-12-23(22)30(26(24)31)18-20-9-7-6-8-10-20/h6-12,17,21H,5,13-16,18H2,1-4H3. The number of piperidine rings is 1. The maximum absolute atomic E-state index is 13.9. The summed E-state index contributed by atoms with van der Waals surface area (Å²) in [4.78, 5) is 31.5. The molecule has 1 aliphatic rings. The second-order valence-electron chi connectivity index (χ2n) is 9.02. The second kappa shape index (κ2) is 9.79. The molecule has 0 N–H and O–H groups in total. The number of carbonyl (C=O) groups is 1. The van der Waals surface area contributed by atoms with Gasteiger partial charge in [0.15, 0.2) is 0 Å². The molecule has 1 fully saturated rings. The highest BCUT2D eigenvalue weighted by Gasteiger charge is 2.30. The maximum atomic E-state index is 13.9. The molecular weight excluding hydrogens is 414 g/mol. The zero-order chi connectivity index (χ0) is 23.5. The van der Waals surface area contributed by atoms with Crippen molar-refractivity contribution in [2.45, 2.75) is 39.3 Å². The van der Waals surface area contributed by atoms with Crippen LogP contribution in [0, 0.1) is 6.92 Å². The predicted molar refractivity (Wildman–Crippen MR) is 133 cm³/mol. The SMILES string of the molecule is CCOC(=O)c1c(N2CCC(N(C)C)CC2)c2cc(C)ccc2n(Cc2ccccc2)c1=O. The van der Waals surface area contributed by atoms with Crippen LogP contribution in [0.5, 0.6) is 0 Å². The molecule has 0 amide bonds. The summed E-state index contributed by atoms with van der Waals surface area (Å²) in [7, 11) is 4.21. The smallest absolute Gasteiger partial charge is 0.345 e. The number of hydrogen-bond donors (Lipinski definition) is 0. The van der Waals surface area contributed by atoms with E-state index in [0.29, 0.717) is 12.6 Å². The Kier molecular flexibility index (Phi) is 6.84. The van der Waals surface area contributed by atoms with Crippen molar-refractivity contribution in [2.75, 3.05) is 38.7 Å². The van der Waals surface area contributed by atoms with Crippen LogP contribution in [0.1, 0.15) is 41.3 Å². The Bertz CT molecular complexity index is 1190. The summed E-state index contributed by atoms with van der Waals surface area (Å²) in [5.41, 5.74) is 3.51. The van der Waals surface area contributed by atoms with Gasteiger partial charge in [0.05, 0.1) is 24.4 Å². The summed E-state index contributed by atoms with van der Waals surface area (Å²) >= 11 is 0. The largest absolute Gasteiger partial charge is 0.462 e.